The molecule has 0 radical (unpaired) electrons. The highest BCUT2D eigenvalue weighted by Crippen LogP contribution is 2.44. The standard InChI is InChI=1S/C9H18/c1-7(8-5-6-8)9(2,3)4/h7-8H,5-6H2,1-4H3/t7-/m0/s1. The van der Waals surface area contributed by atoms with Crippen LogP contribution in [0, 0.1) is 17.3 Å². The van der Waals surface area contributed by atoms with Crippen LogP contribution in [0.1, 0.15) is 40.5 Å². The summed E-state index contributed by atoms with van der Waals surface area (Å²) in [7, 11) is 0. The fourth-order valence-electron chi connectivity index (χ4n) is 1.30. The molecule has 0 saturated heterocycles. The minimum absolute atomic E-state index is 0.543. The monoisotopic (exact) mass is 126 g/mol. The predicted molar refractivity (Wildman–Crippen MR) is 41.3 cm³/mol. The number of hydrogen-bond donors (Lipinski definition) is 0. The van der Waals surface area contributed by atoms with E-state index in [1.54, 1.807) is 0 Å². The van der Waals surface area contributed by atoms with Crippen molar-refractivity contribution < 1.29 is 0 Å². The van der Waals surface area contributed by atoms with Crippen molar-refractivity contribution in [3.05, 3.63) is 0 Å². The van der Waals surface area contributed by atoms with E-state index in [4.69, 9.17) is 0 Å². The molecule has 0 aromatic rings. The molecule has 0 spiro atoms. The van der Waals surface area contributed by atoms with E-state index in [-0.39, 0.29) is 0 Å². The van der Waals surface area contributed by atoms with Gasteiger partial charge in [0.2, 0.25) is 0 Å². The van der Waals surface area contributed by atoms with E-state index in [2.05, 4.69) is 27.7 Å². The van der Waals surface area contributed by atoms with Crippen molar-refractivity contribution in [3.63, 3.8) is 0 Å². The second-order valence-electron chi connectivity index (χ2n) is 4.49. The third-order valence-corrected chi connectivity index (χ3v) is 2.70. The summed E-state index contributed by atoms with van der Waals surface area (Å²) in [6.07, 6.45) is 2.97. The summed E-state index contributed by atoms with van der Waals surface area (Å²) in [5, 5.41) is 0. The van der Waals surface area contributed by atoms with Gasteiger partial charge < -0.3 is 0 Å². The van der Waals surface area contributed by atoms with Gasteiger partial charge in [0.1, 0.15) is 0 Å². The number of hydrogen-bond acceptors (Lipinski definition) is 0. The van der Waals surface area contributed by atoms with E-state index >= 15 is 0 Å². The Morgan fingerprint density at radius 2 is 1.67 bits per heavy atom. The van der Waals surface area contributed by atoms with E-state index < -0.39 is 0 Å². The SMILES string of the molecule is C[C@@H](C1CC1)C(C)(C)C. The molecular weight excluding hydrogens is 108 g/mol. The molecule has 54 valence electrons. The summed E-state index contributed by atoms with van der Waals surface area (Å²) < 4.78 is 0. The van der Waals surface area contributed by atoms with Gasteiger partial charge in [0.15, 0.2) is 0 Å². The van der Waals surface area contributed by atoms with E-state index in [0.29, 0.717) is 5.41 Å². The second-order valence-corrected chi connectivity index (χ2v) is 4.49. The average Bonchev–Trinajstić information content (AvgIpc) is 2.40. The summed E-state index contributed by atoms with van der Waals surface area (Å²) in [5.41, 5.74) is 0.543. The highest BCUT2D eigenvalue weighted by Gasteiger charge is 2.34. The van der Waals surface area contributed by atoms with E-state index in [1.165, 1.54) is 12.8 Å². The zero-order valence-corrected chi connectivity index (χ0v) is 7.07. The summed E-state index contributed by atoms with van der Waals surface area (Å²) in [6, 6.07) is 0. The molecule has 1 aliphatic rings. The van der Waals surface area contributed by atoms with Crippen LogP contribution in [0.25, 0.3) is 0 Å². The van der Waals surface area contributed by atoms with E-state index in [9.17, 15) is 0 Å². The highest BCUT2D eigenvalue weighted by molar-refractivity contribution is 4.85. The maximum absolute atomic E-state index is 2.39. The maximum Gasteiger partial charge on any atom is -0.0354 e. The van der Waals surface area contributed by atoms with Crippen LogP contribution in [0.4, 0.5) is 0 Å². The molecule has 9 heavy (non-hydrogen) atoms. The molecule has 0 aliphatic heterocycles. The minimum Gasteiger partial charge on any atom is -0.0617 e. The molecule has 0 heterocycles. The molecule has 0 aromatic carbocycles. The third-order valence-electron chi connectivity index (χ3n) is 2.70. The Morgan fingerprint density at radius 1 is 1.22 bits per heavy atom. The van der Waals surface area contributed by atoms with Crippen molar-refractivity contribution in [2.45, 2.75) is 40.5 Å². The van der Waals surface area contributed by atoms with Crippen molar-refractivity contribution in [1.82, 2.24) is 0 Å². The van der Waals surface area contributed by atoms with Crippen LogP contribution in [-0.4, -0.2) is 0 Å². The first kappa shape index (κ1) is 7.11. The zero-order chi connectivity index (χ0) is 7.07. The Bertz CT molecular complexity index is 93.1. The van der Waals surface area contributed by atoms with Gasteiger partial charge in [-0.25, -0.2) is 0 Å². The lowest BCUT2D eigenvalue weighted by molar-refractivity contribution is 0.232. The van der Waals surface area contributed by atoms with Gasteiger partial charge in [-0.2, -0.15) is 0 Å². The fourth-order valence-corrected chi connectivity index (χ4v) is 1.30. The summed E-state index contributed by atoms with van der Waals surface area (Å²) >= 11 is 0. The van der Waals surface area contributed by atoms with Crippen LogP contribution in [0.3, 0.4) is 0 Å². The molecule has 0 N–H and O–H groups in total. The van der Waals surface area contributed by atoms with Gasteiger partial charge in [-0.05, 0) is 30.1 Å². The van der Waals surface area contributed by atoms with E-state index in [0.717, 1.165) is 11.8 Å². The average molecular weight is 126 g/mol. The first-order valence-corrected chi connectivity index (χ1v) is 4.02. The van der Waals surface area contributed by atoms with Crippen LogP contribution in [0.2, 0.25) is 0 Å². The molecule has 0 unspecified atom stereocenters. The molecule has 1 atom stereocenters. The molecule has 1 saturated carbocycles. The molecule has 0 bridgehead atoms. The lowest BCUT2D eigenvalue weighted by Gasteiger charge is -2.26. The van der Waals surface area contributed by atoms with Crippen molar-refractivity contribution in [2.75, 3.05) is 0 Å². The Morgan fingerprint density at radius 3 is 1.78 bits per heavy atom. The Balaban J connectivity index is 2.40. The normalized spacial score (nSPS) is 24.0. The van der Waals surface area contributed by atoms with Crippen LogP contribution in [0.5, 0.6) is 0 Å². The first-order chi connectivity index (χ1) is 4.02. The van der Waals surface area contributed by atoms with Crippen LogP contribution in [0.15, 0.2) is 0 Å². The van der Waals surface area contributed by atoms with Gasteiger partial charge in [0.05, 0.1) is 0 Å². The fraction of sp³-hybridized carbons (Fsp3) is 1.00. The summed E-state index contributed by atoms with van der Waals surface area (Å²) in [4.78, 5) is 0. The Labute approximate surface area is 58.7 Å². The van der Waals surface area contributed by atoms with E-state index in [1.807, 2.05) is 0 Å². The maximum atomic E-state index is 2.39. The molecule has 0 aromatic heterocycles. The molecule has 1 fully saturated rings. The van der Waals surface area contributed by atoms with Crippen molar-refractivity contribution >= 4 is 0 Å². The summed E-state index contributed by atoms with van der Waals surface area (Å²) in [5.74, 6) is 1.99. The van der Waals surface area contributed by atoms with Crippen molar-refractivity contribution in [3.8, 4) is 0 Å². The molecule has 1 aliphatic carbocycles. The van der Waals surface area contributed by atoms with Gasteiger partial charge in [-0.1, -0.05) is 27.7 Å². The Kier molecular flexibility index (Phi) is 1.58. The largest absolute Gasteiger partial charge is 0.0617 e. The smallest absolute Gasteiger partial charge is 0.0354 e. The first-order valence-electron chi connectivity index (χ1n) is 4.02. The second kappa shape index (κ2) is 2.00. The number of rotatable bonds is 1. The quantitative estimate of drug-likeness (QED) is 0.506. The molecular formula is C9H18. The molecule has 0 amide bonds. The van der Waals surface area contributed by atoms with Gasteiger partial charge in [-0.15, -0.1) is 0 Å². The van der Waals surface area contributed by atoms with Gasteiger partial charge in [-0.3, -0.25) is 0 Å². The topological polar surface area (TPSA) is 0 Å². The summed E-state index contributed by atoms with van der Waals surface area (Å²) in [6.45, 7) is 9.42. The lowest BCUT2D eigenvalue weighted by atomic mass is 9.79. The Hall–Kier alpha value is 0. The lowest BCUT2D eigenvalue weighted by Crippen LogP contribution is -2.18. The molecule has 0 heteroatoms. The van der Waals surface area contributed by atoms with Crippen LogP contribution >= 0.6 is 0 Å². The van der Waals surface area contributed by atoms with Gasteiger partial charge in [0, 0.05) is 0 Å². The van der Waals surface area contributed by atoms with Gasteiger partial charge in [0.25, 0.3) is 0 Å². The van der Waals surface area contributed by atoms with Crippen LogP contribution in [-0.2, 0) is 0 Å². The van der Waals surface area contributed by atoms with Crippen molar-refractivity contribution in [2.24, 2.45) is 17.3 Å². The molecule has 0 nitrogen and oxygen atoms in total. The molecule has 1 rings (SSSR count). The van der Waals surface area contributed by atoms with Crippen molar-refractivity contribution in [1.29, 1.82) is 0 Å². The minimum atomic E-state index is 0.543. The third kappa shape index (κ3) is 1.70. The van der Waals surface area contributed by atoms with Crippen LogP contribution < -0.4 is 0 Å². The predicted octanol–water partition coefficient (Wildman–Crippen LogP) is 3.08. The highest BCUT2D eigenvalue weighted by atomic mass is 14.4. The zero-order valence-electron chi connectivity index (χ0n) is 7.07. The van der Waals surface area contributed by atoms with Gasteiger partial charge >= 0.3 is 0 Å².